The van der Waals surface area contributed by atoms with Crippen LogP contribution in [0.2, 0.25) is 0 Å². The number of rotatable bonds is 3. The number of aromatic amines is 1. The molecule has 0 atom stereocenters. The molecule has 0 radical (unpaired) electrons. The first-order chi connectivity index (χ1) is 12.0. The average molecular weight is 328 g/mol. The number of hydrogen-bond donors (Lipinski definition) is 1. The topological polar surface area (TPSA) is 73.7 Å². The maximum atomic E-state index is 11.9. The zero-order valence-corrected chi connectivity index (χ0v) is 14.0. The molecule has 0 unspecified atom stereocenters. The van der Waals surface area contributed by atoms with Crippen LogP contribution in [-0.4, -0.2) is 10.8 Å². The molecule has 0 aliphatic carbocycles. The molecule has 0 saturated heterocycles. The lowest BCUT2D eigenvalue weighted by Gasteiger charge is -2.08. The van der Waals surface area contributed by atoms with Crippen molar-refractivity contribution in [2.75, 3.05) is 0 Å². The fourth-order valence-electron chi connectivity index (χ4n) is 2.79. The van der Waals surface area contributed by atoms with E-state index in [4.69, 9.17) is 0 Å². The van der Waals surface area contributed by atoms with Crippen molar-refractivity contribution in [3.63, 3.8) is 0 Å². The lowest BCUT2D eigenvalue weighted by molar-refractivity contribution is 0.101. The van der Waals surface area contributed by atoms with E-state index in [1.165, 1.54) is 0 Å². The molecular formula is C21H16N2O2. The first-order valence-electron chi connectivity index (χ1n) is 7.85. The lowest BCUT2D eigenvalue weighted by atomic mass is 9.97. The van der Waals surface area contributed by atoms with Crippen molar-refractivity contribution in [3.05, 3.63) is 81.8 Å². The van der Waals surface area contributed by atoms with E-state index < -0.39 is 0 Å². The molecule has 1 N–H and O–H groups in total. The Labute approximate surface area is 145 Å². The normalized spacial score (nSPS) is 10.3. The second-order valence-electron chi connectivity index (χ2n) is 5.90. The predicted octanol–water partition coefficient (Wildman–Crippen LogP) is 4.09. The highest BCUT2D eigenvalue weighted by Gasteiger charge is 2.10. The number of carbonyl (C=O) groups excluding carboxylic acids is 1. The Morgan fingerprint density at radius 1 is 1.00 bits per heavy atom. The highest BCUT2D eigenvalue weighted by Crippen LogP contribution is 2.26. The van der Waals surface area contributed by atoms with Crippen molar-refractivity contribution >= 4 is 5.78 Å². The lowest BCUT2D eigenvalue weighted by Crippen LogP contribution is -2.12. The number of carbonyl (C=O) groups is 1. The van der Waals surface area contributed by atoms with E-state index in [1.807, 2.05) is 48.5 Å². The Balaban J connectivity index is 2.05. The number of aromatic nitrogens is 1. The van der Waals surface area contributed by atoms with Gasteiger partial charge in [-0.2, -0.15) is 5.26 Å². The van der Waals surface area contributed by atoms with Gasteiger partial charge in [0, 0.05) is 16.8 Å². The van der Waals surface area contributed by atoms with Gasteiger partial charge >= 0.3 is 0 Å². The third kappa shape index (κ3) is 3.26. The number of ketones is 1. The van der Waals surface area contributed by atoms with Gasteiger partial charge in [0.15, 0.2) is 5.78 Å². The number of nitriles is 1. The van der Waals surface area contributed by atoms with E-state index in [0.29, 0.717) is 16.8 Å². The molecule has 25 heavy (non-hydrogen) atoms. The highest BCUT2D eigenvalue weighted by atomic mass is 16.1. The van der Waals surface area contributed by atoms with E-state index in [1.54, 1.807) is 26.0 Å². The summed E-state index contributed by atoms with van der Waals surface area (Å²) in [6, 6.07) is 18.8. The number of nitrogens with one attached hydrogen (secondary N) is 1. The van der Waals surface area contributed by atoms with E-state index in [0.717, 1.165) is 16.7 Å². The van der Waals surface area contributed by atoms with Crippen molar-refractivity contribution in [2.45, 2.75) is 13.8 Å². The fourth-order valence-corrected chi connectivity index (χ4v) is 2.79. The molecule has 2 aromatic carbocycles. The zero-order valence-electron chi connectivity index (χ0n) is 14.0. The van der Waals surface area contributed by atoms with Crippen LogP contribution in [-0.2, 0) is 0 Å². The number of benzene rings is 2. The molecule has 0 spiro atoms. The average Bonchev–Trinajstić information content (AvgIpc) is 2.61. The Kier molecular flexibility index (Phi) is 4.32. The van der Waals surface area contributed by atoms with Gasteiger partial charge in [0.25, 0.3) is 5.56 Å². The van der Waals surface area contributed by atoms with E-state index in [-0.39, 0.29) is 16.9 Å². The van der Waals surface area contributed by atoms with E-state index in [2.05, 4.69) is 4.98 Å². The van der Waals surface area contributed by atoms with Gasteiger partial charge in [-0.25, -0.2) is 0 Å². The SMILES string of the molecule is CC(=O)c1cccc(-c2ccc(-c3cc(C)[nH]c(=O)c3C#N)cc2)c1. The van der Waals surface area contributed by atoms with Crippen LogP contribution in [0.3, 0.4) is 0 Å². The number of H-pyrrole nitrogens is 1. The van der Waals surface area contributed by atoms with Gasteiger partial charge in [-0.05, 0) is 42.7 Å². The molecule has 0 bridgehead atoms. The van der Waals surface area contributed by atoms with Gasteiger partial charge in [0.05, 0.1) is 0 Å². The van der Waals surface area contributed by atoms with Gasteiger partial charge in [0.2, 0.25) is 0 Å². The molecule has 1 aromatic heterocycles. The monoisotopic (exact) mass is 328 g/mol. The summed E-state index contributed by atoms with van der Waals surface area (Å²) >= 11 is 0. The minimum atomic E-state index is -0.379. The second-order valence-corrected chi connectivity index (χ2v) is 5.90. The quantitative estimate of drug-likeness (QED) is 0.736. The summed E-state index contributed by atoms with van der Waals surface area (Å²) in [4.78, 5) is 26.1. The molecular weight excluding hydrogens is 312 g/mol. The number of aryl methyl sites for hydroxylation is 1. The largest absolute Gasteiger partial charge is 0.325 e. The summed E-state index contributed by atoms with van der Waals surface area (Å²) in [5.74, 6) is 0.0242. The predicted molar refractivity (Wildman–Crippen MR) is 97.4 cm³/mol. The minimum absolute atomic E-state index is 0.0242. The maximum Gasteiger partial charge on any atom is 0.266 e. The number of Topliss-reactive ketones (excluding diaryl/α,β-unsaturated/α-hetero) is 1. The van der Waals surface area contributed by atoms with Crippen LogP contribution in [0.1, 0.15) is 28.5 Å². The van der Waals surface area contributed by atoms with Crippen LogP contribution in [0, 0.1) is 18.3 Å². The summed E-state index contributed by atoms with van der Waals surface area (Å²) < 4.78 is 0. The molecule has 4 nitrogen and oxygen atoms in total. The molecule has 3 rings (SSSR count). The molecule has 3 aromatic rings. The van der Waals surface area contributed by atoms with Crippen LogP contribution >= 0.6 is 0 Å². The minimum Gasteiger partial charge on any atom is -0.325 e. The Morgan fingerprint density at radius 2 is 1.68 bits per heavy atom. The molecule has 122 valence electrons. The maximum absolute atomic E-state index is 11.9. The Morgan fingerprint density at radius 3 is 2.32 bits per heavy atom. The summed E-state index contributed by atoms with van der Waals surface area (Å²) in [6.07, 6.45) is 0. The summed E-state index contributed by atoms with van der Waals surface area (Å²) in [5, 5.41) is 9.26. The molecule has 0 aliphatic rings. The molecule has 0 saturated carbocycles. The fraction of sp³-hybridized carbons (Fsp3) is 0.0952. The molecule has 0 amide bonds. The van der Waals surface area contributed by atoms with Crippen molar-refractivity contribution in [2.24, 2.45) is 0 Å². The van der Waals surface area contributed by atoms with Crippen molar-refractivity contribution in [3.8, 4) is 28.3 Å². The van der Waals surface area contributed by atoms with E-state index in [9.17, 15) is 14.9 Å². The number of pyridine rings is 1. The molecule has 0 fully saturated rings. The van der Waals surface area contributed by atoms with Gasteiger partial charge in [-0.1, -0.05) is 42.5 Å². The van der Waals surface area contributed by atoms with Gasteiger partial charge in [0.1, 0.15) is 11.6 Å². The summed E-state index contributed by atoms with van der Waals surface area (Å²) in [6.45, 7) is 3.33. The summed E-state index contributed by atoms with van der Waals surface area (Å²) in [5.41, 5.74) is 4.43. The van der Waals surface area contributed by atoms with Crippen molar-refractivity contribution in [1.29, 1.82) is 5.26 Å². The number of hydrogen-bond acceptors (Lipinski definition) is 3. The van der Waals surface area contributed by atoms with Crippen molar-refractivity contribution in [1.82, 2.24) is 4.98 Å². The standard InChI is InChI=1S/C21H16N2O2/c1-13-10-19(20(12-22)21(25)23-13)16-8-6-15(7-9-16)18-5-3-4-17(11-18)14(2)24/h3-11H,1-2H3,(H,23,25). The first kappa shape index (κ1) is 16.4. The highest BCUT2D eigenvalue weighted by molar-refractivity contribution is 5.95. The van der Waals surface area contributed by atoms with Gasteiger partial charge < -0.3 is 4.98 Å². The Bertz CT molecular complexity index is 1050. The molecule has 4 heteroatoms. The smallest absolute Gasteiger partial charge is 0.266 e. The van der Waals surface area contributed by atoms with Crippen LogP contribution in [0.5, 0.6) is 0 Å². The van der Waals surface area contributed by atoms with Gasteiger partial charge in [-0.15, -0.1) is 0 Å². The van der Waals surface area contributed by atoms with Crippen LogP contribution in [0.4, 0.5) is 0 Å². The second kappa shape index (κ2) is 6.58. The summed E-state index contributed by atoms with van der Waals surface area (Å²) in [7, 11) is 0. The van der Waals surface area contributed by atoms with Crippen LogP contribution in [0.15, 0.2) is 59.4 Å². The van der Waals surface area contributed by atoms with Gasteiger partial charge in [-0.3, -0.25) is 9.59 Å². The van der Waals surface area contributed by atoms with Crippen molar-refractivity contribution < 1.29 is 4.79 Å². The van der Waals surface area contributed by atoms with Crippen LogP contribution < -0.4 is 5.56 Å². The zero-order chi connectivity index (χ0) is 18.0. The third-order valence-corrected chi connectivity index (χ3v) is 4.08. The molecule has 0 aliphatic heterocycles. The third-order valence-electron chi connectivity index (χ3n) is 4.08. The molecule has 1 heterocycles. The van der Waals surface area contributed by atoms with Crippen LogP contribution in [0.25, 0.3) is 22.3 Å². The number of nitrogens with zero attached hydrogens (tertiary/aromatic N) is 1. The van der Waals surface area contributed by atoms with E-state index >= 15 is 0 Å². The Hall–Kier alpha value is -3.45. The first-order valence-corrected chi connectivity index (χ1v) is 7.85.